The summed E-state index contributed by atoms with van der Waals surface area (Å²) in [5.41, 5.74) is 5.45. The largest absolute Gasteiger partial charge is 0.396 e. The maximum Gasteiger partial charge on any atom is 0.0439 e. The van der Waals surface area contributed by atoms with Gasteiger partial charge in [-0.1, -0.05) is 31.5 Å². The Balaban J connectivity index is 3.24. The molecule has 0 saturated heterocycles. The monoisotopic (exact) mass is 206 g/mol. The summed E-state index contributed by atoms with van der Waals surface area (Å²) in [4.78, 5) is 0. The third-order valence-corrected chi connectivity index (χ3v) is 3.09. The van der Waals surface area contributed by atoms with E-state index in [2.05, 4.69) is 46.8 Å². The molecule has 0 spiro atoms. The molecule has 15 heavy (non-hydrogen) atoms. The molecule has 0 aliphatic carbocycles. The molecule has 0 unspecified atom stereocenters. The van der Waals surface area contributed by atoms with Crippen LogP contribution in [0.25, 0.3) is 0 Å². The predicted octanol–water partition coefficient (Wildman–Crippen LogP) is 3.27. The molecular formula is C14H22O. The Labute approximate surface area is 93.1 Å². The zero-order valence-electron chi connectivity index (χ0n) is 10.5. The molecule has 84 valence electrons. The average molecular weight is 206 g/mol. The van der Waals surface area contributed by atoms with Gasteiger partial charge in [-0.15, -0.1) is 0 Å². The summed E-state index contributed by atoms with van der Waals surface area (Å²) >= 11 is 0. The van der Waals surface area contributed by atoms with Gasteiger partial charge in [-0.3, -0.25) is 0 Å². The number of aryl methyl sites for hydroxylation is 3. The molecule has 0 aliphatic rings. The highest BCUT2D eigenvalue weighted by molar-refractivity contribution is 5.42. The van der Waals surface area contributed by atoms with Crippen LogP contribution in [0.15, 0.2) is 12.1 Å². The third-order valence-electron chi connectivity index (χ3n) is 3.09. The normalized spacial score (nSPS) is 11.9. The van der Waals surface area contributed by atoms with Crippen LogP contribution < -0.4 is 0 Å². The topological polar surface area (TPSA) is 20.2 Å². The molecule has 0 bridgehead atoms. The maximum atomic E-state index is 9.10. The Morgan fingerprint density at radius 2 is 1.53 bits per heavy atom. The quantitative estimate of drug-likeness (QED) is 0.804. The van der Waals surface area contributed by atoms with Crippen molar-refractivity contribution in [3.8, 4) is 0 Å². The molecule has 0 amide bonds. The van der Waals surface area contributed by atoms with Crippen molar-refractivity contribution in [1.29, 1.82) is 0 Å². The van der Waals surface area contributed by atoms with Gasteiger partial charge in [0.2, 0.25) is 0 Å². The second-order valence-electron chi connectivity index (χ2n) is 5.13. The molecule has 0 fully saturated rings. The molecule has 1 rings (SSSR count). The van der Waals surface area contributed by atoms with Crippen molar-refractivity contribution >= 4 is 0 Å². The van der Waals surface area contributed by atoms with E-state index in [9.17, 15) is 0 Å². The number of aliphatic hydroxyl groups is 1. The minimum absolute atomic E-state index is 0.0661. The summed E-state index contributed by atoms with van der Waals surface area (Å²) in [5.74, 6) is 0. The van der Waals surface area contributed by atoms with Gasteiger partial charge in [-0.2, -0.15) is 0 Å². The van der Waals surface area contributed by atoms with Gasteiger partial charge < -0.3 is 5.11 Å². The van der Waals surface area contributed by atoms with Crippen molar-refractivity contribution in [2.75, 3.05) is 6.61 Å². The minimum Gasteiger partial charge on any atom is -0.396 e. The first-order valence-corrected chi connectivity index (χ1v) is 5.57. The highest BCUT2D eigenvalue weighted by Crippen LogP contribution is 2.32. The van der Waals surface area contributed by atoms with Gasteiger partial charge in [0.25, 0.3) is 0 Å². The van der Waals surface area contributed by atoms with Crippen molar-refractivity contribution in [1.82, 2.24) is 0 Å². The predicted molar refractivity (Wildman–Crippen MR) is 65.4 cm³/mol. The molecule has 0 aromatic heterocycles. The van der Waals surface area contributed by atoms with Crippen molar-refractivity contribution in [3.63, 3.8) is 0 Å². The van der Waals surface area contributed by atoms with Gasteiger partial charge in [0.15, 0.2) is 0 Å². The molecule has 0 heterocycles. The van der Waals surface area contributed by atoms with Crippen molar-refractivity contribution < 1.29 is 5.11 Å². The molecule has 1 N–H and O–H groups in total. The second kappa shape index (κ2) is 4.36. The fourth-order valence-corrected chi connectivity index (χ4v) is 2.65. The zero-order valence-corrected chi connectivity index (χ0v) is 10.5. The van der Waals surface area contributed by atoms with Crippen LogP contribution >= 0.6 is 0 Å². The lowest BCUT2D eigenvalue weighted by molar-refractivity contribution is 0.251. The van der Waals surface area contributed by atoms with Gasteiger partial charge in [-0.25, -0.2) is 0 Å². The van der Waals surface area contributed by atoms with E-state index in [1.807, 2.05) is 0 Å². The highest BCUT2D eigenvalue weighted by Gasteiger charge is 2.23. The Bertz CT molecular complexity index is 327. The van der Waals surface area contributed by atoms with Crippen LogP contribution in [0.1, 0.15) is 42.5 Å². The number of aliphatic hydroxyl groups excluding tert-OH is 1. The molecule has 0 aliphatic heterocycles. The Morgan fingerprint density at radius 3 is 1.93 bits per heavy atom. The van der Waals surface area contributed by atoms with Crippen molar-refractivity contribution in [2.24, 2.45) is 0 Å². The maximum absolute atomic E-state index is 9.10. The smallest absolute Gasteiger partial charge is 0.0439 e. The Morgan fingerprint density at radius 1 is 1.07 bits per heavy atom. The van der Waals surface area contributed by atoms with Crippen LogP contribution in [0.3, 0.4) is 0 Å². The van der Waals surface area contributed by atoms with Gasteiger partial charge in [0.1, 0.15) is 0 Å². The molecule has 1 aromatic rings. The molecule has 1 aromatic carbocycles. The second-order valence-corrected chi connectivity index (χ2v) is 5.13. The summed E-state index contributed by atoms with van der Waals surface area (Å²) in [7, 11) is 0. The first-order chi connectivity index (χ1) is 6.88. The van der Waals surface area contributed by atoms with Gasteiger partial charge in [-0.05, 0) is 49.3 Å². The van der Waals surface area contributed by atoms with E-state index >= 15 is 0 Å². The van der Waals surface area contributed by atoms with Crippen molar-refractivity contribution in [2.45, 2.75) is 46.5 Å². The summed E-state index contributed by atoms with van der Waals surface area (Å²) in [6.07, 6.45) is 0.817. The molecule has 0 atom stereocenters. The standard InChI is InChI=1S/C14H22O/c1-10-8-11(2)13(12(3)9-10)14(4,5)6-7-15/h8-9,15H,6-7H2,1-5H3. The van der Waals surface area contributed by atoms with Gasteiger partial charge >= 0.3 is 0 Å². The van der Waals surface area contributed by atoms with E-state index in [1.165, 1.54) is 22.3 Å². The van der Waals surface area contributed by atoms with Gasteiger partial charge in [0.05, 0.1) is 0 Å². The van der Waals surface area contributed by atoms with E-state index in [0.717, 1.165) is 6.42 Å². The van der Waals surface area contributed by atoms with Crippen LogP contribution in [0, 0.1) is 20.8 Å². The van der Waals surface area contributed by atoms with E-state index in [0.29, 0.717) is 0 Å². The fourth-order valence-electron chi connectivity index (χ4n) is 2.65. The lowest BCUT2D eigenvalue weighted by Crippen LogP contribution is -2.21. The molecular weight excluding hydrogens is 184 g/mol. The summed E-state index contributed by atoms with van der Waals surface area (Å²) < 4.78 is 0. The van der Waals surface area contributed by atoms with E-state index in [-0.39, 0.29) is 12.0 Å². The first-order valence-electron chi connectivity index (χ1n) is 5.57. The Hall–Kier alpha value is -0.820. The van der Waals surface area contributed by atoms with Crippen LogP contribution in [0.5, 0.6) is 0 Å². The lowest BCUT2D eigenvalue weighted by atomic mass is 9.77. The van der Waals surface area contributed by atoms with Gasteiger partial charge in [0, 0.05) is 6.61 Å². The zero-order chi connectivity index (χ0) is 11.6. The molecule has 1 nitrogen and oxygen atoms in total. The van der Waals surface area contributed by atoms with E-state index in [4.69, 9.17) is 5.11 Å². The SMILES string of the molecule is Cc1cc(C)c(C(C)(C)CCO)c(C)c1. The van der Waals surface area contributed by atoms with Crippen LogP contribution in [0.2, 0.25) is 0 Å². The van der Waals surface area contributed by atoms with Crippen LogP contribution in [-0.2, 0) is 5.41 Å². The molecule has 1 heteroatoms. The van der Waals surface area contributed by atoms with Crippen LogP contribution in [0.4, 0.5) is 0 Å². The van der Waals surface area contributed by atoms with Crippen LogP contribution in [-0.4, -0.2) is 11.7 Å². The first kappa shape index (κ1) is 12.3. The molecule has 0 radical (unpaired) electrons. The number of rotatable bonds is 3. The van der Waals surface area contributed by atoms with Crippen molar-refractivity contribution in [3.05, 3.63) is 34.4 Å². The summed E-state index contributed by atoms with van der Waals surface area (Å²) in [6.45, 7) is 11.1. The Kier molecular flexibility index (Phi) is 3.56. The minimum atomic E-state index is 0.0661. The lowest BCUT2D eigenvalue weighted by Gasteiger charge is -2.28. The summed E-state index contributed by atoms with van der Waals surface area (Å²) in [5, 5.41) is 9.10. The number of hydrogen-bond donors (Lipinski definition) is 1. The molecule has 0 saturated carbocycles. The average Bonchev–Trinajstić information content (AvgIpc) is 1.99. The number of benzene rings is 1. The highest BCUT2D eigenvalue weighted by atomic mass is 16.3. The van der Waals surface area contributed by atoms with E-state index < -0.39 is 0 Å². The third kappa shape index (κ3) is 2.60. The number of hydrogen-bond acceptors (Lipinski definition) is 1. The van der Waals surface area contributed by atoms with E-state index in [1.54, 1.807) is 0 Å². The fraction of sp³-hybridized carbons (Fsp3) is 0.571. The summed E-state index contributed by atoms with van der Waals surface area (Å²) in [6, 6.07) is 4.45.